The van der Waals surface area contributed by atoms with Crippen LogP contribution in [0.1, 0.15) is 17.3 Å². The summed E-state index contributed by atoms with van der Waals surface area (Å²) in [7, 11) is -4.00. The molecule has 10 nitrogen and oxygen atoms in total. The van der Waals surface area contributed by atoms with E-state index in [9.17, 15) is 18.0 Å². The highest BCUT2D eigenvalue weighted by molar-refractivity contribution is 7.89. The highest BCUT2D eigenvalue weighted by Crippen LogP contribution is 2.25. The minimum atomic E-state index is -4.00. The molecule has 3 rings (SSSR count). The Hall–Kier alpha value is -3.15. The van der Waals surface area contributed by atoms with Gasteiger partial charge in [-0.15, -0.1) is 0 Å². The van der Waals surface area contributed by atoms with E-state index in [1.165, 1.54) is 12.1 Å². The number of morpholine rings is 1. The highest BCUT2D eigenvalue weighted by atomic mass is 32.2. The Morgan fingerprint density at radius 2 is 1.81 bits per heavy atom. The molecule has 0 atom stereocenters. The lowest BCUT2D eigenvalue weighted by molar-refractivity contribution is -0.115. The van der Waals surface area contributed by atoms with E-state index in [0.717, 1.165) is 0 Å². The molecule has 0 radical (unpaired) electrons. The molecule has 2 amide bonds. The molecule has 1 saturated heterocycles. The van der Waals surface area contributed by atoms with Crippen molar-refractivity contribution in [3.8, 4) is 5.75 Å². The van der Waals surface area contributed by atoms with Gasteiger partial charge in [-0.1, -0.05) is 0 Å². The van der Waals surface area contributed by atoms with E-state index in [-0.39, 0.29) is 17.0 Å². The topological polar surface area (TPSA) is 140 Å². The van der Waals surface area contributed by atoms with Crippen LogP contribution in [0.25, 0.3) is 0 Å². The monoisotopic (exact) mass is 462 g/mol. The van der Waals surface area contributed by atoms with Gasteiger partial charge in [0.15, 0.2) is 0 Å². The van der Waals surface area contributed by atoms with Gasteiger partial charge in [0.05, 0.1) is 36.8 Å². The summed E-state index contributed by atoms with van der Waals surface area (Å²) < 4.78 is 34.2. The normalized spacial score (nSPS) is 14.0. The number of carbonyl (C=O) groups is 2. The average Bonchev–Trinajstić information content (AvgIpc) is 2.78. The van der Waals surface area contributed by atoms with Crippen LogP contribution in [0, 0.1) is 0 Å². The number of benzene rings is 2. The molecule has 1 aliphatic heterocycles. The number of primary sulfonamides is 1. The molecule has 4 N–H and O–H groups in total. The summed E-state index contributed by atoms with van der Waals surface area (Å²) in [5, 5.41) is 10.4. The lowest BCUT2D eigenvalue weighted by Crippen LogP contribution is -2.39. The van der Waals surface area contributed by atoms with Crippen molar-refractivity contribution in [1.29, 1.82) is 0 Å². The second-order valence-electron chi connectivity index (χ2n) is 7.01. The molecule has 0 saturated carbocycles. The lowest BCUT2D eigenvalue weighted by atomic mass is 10.1. The number of nitrogens with one attached hydrogen (secondary N) is 2. The van der Waals surface area contributed by atoms with E-state index >= 15 is 0 Å². The van der Waals surface area contributed by atoms with E-state index in [2.05, 4.69) is 10.6 Å². The molecular formula is C21H26N4O6S. The summed E-state index contributed by atoms with van der Waals surface area (Å²) in [4.78, 5) is 26.9. The molecule has 172 valence electrons. The second-order valence-corrected chi connectivity index (χ2v) is 8.57. The van der Waals surface area contributed by atoms with E-state index in [1.807, 2.05) is 11.8 Å². The molecule has 0 spiro atoms. The van der Waals surface area contributed by atoms with E-state index in [0.29, 0.717) is 50.0 Å². The van der Waals surface area contributed by atoms with Gasteiger partial charge in [0.25, 0.3) is 5.91 Å². The van der Waals surface area contributed by atoms with Gasteiger partial charge in [0, 0.05) is 24.5 Å². The number of ether oxygens (including phenoxy) is 2. The molecule has 0 unspecified atom stereocenters. The summed E-state index contributed by atoms with van der Waals surface area (Å²) in [6, 6.07) is 11.0. The molecule has 0 aliphatic carbocycles. The first-order valence-corrected chi connectivity index (χ1v) is 11.6. The Labute approximate surface area is 186 Å². The number of hydrogen-bond acceptors (Lipinski definition) is 7. The van der Waals surface area contributed by atoms with Crippen LogP contribution < -0.4 is 25.4 Å². The van der Waals surface area contributed by atoms with Crippen molar-refractivity contribution < 1.29 is 27.5 Å². The van der Waals surface area contributed by atoms with Crippen molar-refractivity contribution in [2.24, 2.45) is 5.14 Å². The second kappa shape index (κ2) is 10.4. The molecule has 2 aromatic carbocycles. The third kappa shape index (κ3) is 6.19. The zero-order chi connectivity index (χ0) is 23.1. The van der Waals surface area contributed by atoms with Gasteiger partial charge in [-0.25, -0.2) is 13.6 Å². The van der Waals surface area contributed by atoms with Crippen LogP contribution in [-0.2, 0) is 19.6 Å². The smallest absolute Gasteiger partial charge is 0.253 e. The predicted molar refractivity (Wildman–Crippen MR) is 119 cm³/mol. The Kier molecular flexibility index (Phi) is 7.67. The van der Waals surface area contributed by atoms with E-state index in [4.69, 9.17) is 14.6 Å². The van der Waals surface area contributed by atoms with Gasteiger partial charge >= 0.3 is 0 Å². The van der Waals surface area contributed by atoms with Gasteiger partial charge < -0.3 is 25.0 Å². The van der Waals surface area contributed by atoms with Crippen LogP contribution >= 0.6 is 0 Å². The summed E-state index contributed by atoms with van der Waals surface area (Å²) in [6.07, 6.45) is 0. The summed E-state index contributed by atoms with van der Waals surface area (Å²) >= 11 is 0. The first kappa shape index (κ1) is 23.5. The number of nitrogens with zero attached hydrogens (tertiary/aromatic N) is 1. The molecular weight excluding hydrogens is 436 g/mol. The predicted octanol–water partition coefficient (Wildman–Crippen LogP) is 0.938. The quantitative estimate of drug-likeness (QED) is 0.530. The fraction of sp³-hybridized carbons (Fsp3) is 0.333. The van der Waals surface area contributed by atoms with Gasteiger partial charge in [0.1, 0.15) is 5.75 Å². The maximum absolute atomic E-state index is 12.9. The minimum Gasteiger partial charge on any atom is -0.494 e. The van der Waals surface area contributed by atoms with Crippen LogP contribution in [0.15, 0.2) is 47.4 Å². The largest absolute Gasteiger partial charge is 0.494 e. The van der Waals surface area contributed by atoms with Crippen LogP contribution in [-0.4, -0.2) is 59.7 Å². The van der Waals surface area contributed by atoms with Gasteiger partial charge in [-0.05, 0) is 49.4 Å². The molecule has 2 aromatic rings. The first-order valence-electron chi connectivity index (χ1n) is 10.1. The van der Waals surface area contributed by atoms with Crippen LogP contribution in [0.2, 0.25) is 0 Å². The number of amides is 2. The van der Waals surface area contributed by atoms with Crippen LogP contribution in [0.4, 0.5) is 11.4 Å². The number of carbonyl (C=O) groups excluding carboxylic acids is 2. The van der Waals surface area contributed by atoms with Crippen molar-refractivity contribution in [2.75, 3.05) is 49.7 Å². The summed E-state index contributed by atoms with van der Waals surface area (Å²) in [5.74, 6) is -0.332. The summed E-state index contributed by atoms with van der Waals surface area (Å²) in [6.45, 7) is 4.19. The average molecular weight is 463 g/mol. The number of anilines is 2. The Morgan fingerprint density at radius 3 is 2.44 bits per heavy atom. The molecule has 11 heteroatoms. The van der Waals surface area contributed by atoms with Gasteiger partial charge in [0.2, 0.25) is 15.9 Å². The standard InChI is InChI=1S/C21H26N4O6S/c1-2-31-16-5-3-15(4-6-16)24-20(26)14-23-21(27)18-13-17(32(22,28)29)7-8-19(18)25-9-11-30-12-10-25/h3-8,13H,2,9-12,14H2,1H3,(H,23,27)(H,24,26)(H2,22,28,29). The number of nitrogens with two attached hydrogens (primary N) is 1. The fourth-order valence-electron chi connectivity index (χ4n) is 3.22. The Morgan fingerprint density at radius 1 is 1.12 bits per heavy atom. The molecule has 0 bridgehead atoms. The Balaban J connectivity index is 1.70. The van der Waals surface area contributed by atoms with Crippen molar-refractivity contribution in [2.45, 2.75) is 11.8 Å². The molecule has 1 heterocycles. The molecule has 0 aromatic heterocycles. The zero-order valence-electron chi connectivity index (χ0n) is 17.7. The molecule has 32 heavy (non-hydrogen) atoms. The van der Waals surface area contributed by atoms with Crippen molar-refractivity contribution in [3.63, 3.8) is 0 Å². The van der Waals surface area contributed by atoms with Crippen LogP contribution in [0.3, 0.4) is 0 Å². The third-order valence-electron chi connectivity index (χ3n) is 4.75. The lowest BCUT2D eigenvalue weighted by Gasteiger charge is -2.30. The van der Waals surface area contributed by atoms with Crippen molar-refractivity contribution >= 4 is 33.2 Å². The molecule has 1 fully saturated rings. The van der Waals surface area contributed by atoms with E-state index in [1.54, 1.807) is 30.3 Å². The minimum absolute atomic E-state index is 0.118. The SMILES string of the molecule is CCOc1ccc(NC(=O)CNC(=O)c2cc(S(N)(=O)=O)ccc2N2CCOCC2)cc1. The third-order valence-corrected chi connectivity index (χ3v) is 5.66. The Bertz CT molecular complexity index is 1070. The number of sulfonamides is 1. The van der Waals surface area contributed by atoms with Crippen molar-refractivity contribution in [1.82, 2.24) is 5.32 Å². The van der Waals surface area contributed by atoms with Gasteiger partial charge in [-0.3, -0.25) is 9.59 Å². The number of rotatable bonds is 8. The van der Waals surface area contributed by atoms with Crippen molar-refractivity contribution in [3.05, 3.63) is 48.0 Å². The zero-order valence-corrected chi connectivity index (χ0v) is 18.5. The molecule has 1 aliphatic rings. The maximum atomic E-state index is 12.9. The summed E-state index contributed by atoms with van der Waals surface area (Å²) in [5.41, 5.74) is 1.22. The van der Waals surface area contributed by atoms with Gasteiger partial charge in [-0.2, -0.15) is 0 Å². The van der Waals surface area contributed by atoms with Crippen LogP contribution in [0.5, 0.6) is 5.75 Å². The highest BCUT2D eigenvalue weighted by Gasteiger charge is 2.22. The number of hydrogen-bond donors (Lipinski definition) is 3. The first-order chi connectivity index (χ1) is 15.3. The fourth-order valence-corrected chi connectivity index (χ4v) is 3.76. The maximum Gasteiger partial charge on any atom is 0.253 e. The van der Waals surface area contributed by atoms with E-state index < -0.39 is 21.8 Å².